The molecule has 4 aromatic rings. The van der Waals surface area contributed by atoms with E-state index in [0.29, 0.717) is 13.2 Å². The summed E-state index contributed by atoms with van der Waals surface area (Å²) in [5.41, 5.74) is 5.96. The third kappa shape index (κ3) is 6.07. The summed E-state index contributed by atoms with van der Waals surface area (Å²) in [7, 11) is 3.37. The fourth-order valence-electron chi connectivity index (χ4n) is 4.77. The van der Waals surface area contributed by atoms with Crippen molar-refractivity contribution in [3.63, 3.8) is 0 Å². The smallest absolute Gasteiger partial charge is 0.162 e. The Morgan fingerprint density at radius 1 is 0.649 bits per heavy atom. The molecule has 0 radical (unpaired) electrons. The van der Waals surface area contributed by atoms with E-state index in [0.717, 1.165) is 53.5 Å². The minimum absolute atomic E-state index is 0.157. The maximum Gasteiger partial charge on any atom is 0.162 e. The zero-order chi connectivity index (χ0) is 25.5. The highest BCUT2D eigenvalue weighted by atomic mass is 16.5. The number of hydrogen-bond acceptors (Lipinski definition) is 5. The number of ether oxygens (including phenoxy) is 4. The Labute approximate surface area is 219 Å². The second kappa shape index (κ2) is 11.8. The summed E-state index contributed by atoms with van der Waals surface area (Å²) < 4.78 is 23.6. The monoisotopic (exact) mass is 495 g/mol. The van der Waals surface area contributed by atoms with E-state index in [4.69, 9.17) is 18.9 Å². The maximum atomic E-state index is 6.21. The predicted octanol–water partition coefficient (Wildman–Crippen LogP) is 6.29. The van der Waals surface area contributed by atoms with Gasteiger partial charge in [-0.2, -0.15) is 0 Å². The van der Waals surface area contributed by atoms with Crippen molar-refractivity contribution in [2.45, 2.75) is 32.1 Å². The Kier molecular flexibility index (Phi) is 7.92. The minimum Gasteiger partial charge on any atom is -0.493 e. The highest BCUT2D eigenvalue weighted by molar-refractivity contribution is 5.50. The molecule has 0 unspecified atom stereocenters. The van der Waals surface area contributed by atoms with Crippen LogP contribution in [0.25, 0.3) is 0 Å². The van der Waals surface area contributed by atoms with Gasteiger partial charge in [0.2, 0.25) is 0 Å². The Hall–Kier alpha value is -3.96. The van der Waals surface area contributed by atoms with Crippen LogP contribution in [0.3, 0.4) is 0 Å². The third-order valence-corrected chi connectivity index (χ3v) is 6.73. The molecule has 0 fully saturated rings. The minimum atomic E-state index is 0.157. The van der Waals surface area contributed by atoms with Gasteiger partial charge in [-0.25, -0.2) is 0 Å². The van der Waals surface area contributed by atoms with Crippen LogP contribution in [0.2, 0.25) is 0 Å². The van der Waals surface area contributed by atoms with Crippen molar-refractivity contribution in [1.29, 1.82) is 0 Å². The highest BCUT2D eigenvalue weighted by Gasteiger charge is 2.23. The van der Waals surface area contributed by atoms with Gasteiger partial charge >= 0.3 is 0 Å². The summed E-state index contributed by atoms with van der Waals surface area (Å²) in [4.78, 5) is 0. The molecule has 5 heteroatoms. The third-order valence-electron chi connectivity index (χ3n) is 6.73. The molecule has 4 aromatic carbocycles. The molecule has 0 amide bonds. The summed E-state index contributed by atoms with van der Waals surface area (Å²) in [6.45, 7) is 1.90. The summed E-state index contributed by atoms with van der Waals surface area (Å²) in [6.07, 6.45) is 1.78. The molecule has 1 atom stereocenters. The van der Waals surface area contributed by atoms with E-state index in [-0.39, 0.29) is 6.04 Å². The fraction of sp³-hybridized carbons (Fsp3) is 0.250. The number of fused-ring (bicyclic) bond motifs is 1. The Morgan fingerprint density at radius 3 is 1.89 bits per heavy atom. The largest absolute Gasteiger partial charge is 0.493 e. The van der Waals surface area contributed by atoms with Crippen LogP contribution in [-0.4, -0.2) is 20.8 Å². The van der Waals surface area contributed by atoms with Crippen molar-refractivity contribution in [2.75, 3.05) is 20.8 Å². The molecule has 5 nitrogen and oxygen atoms in total. The van der Waals surface area contributed by atoms with Crippen molar-refractivity contribution in [3.05, 3.63) is 119 Å². The van der Waals surface area contributed by atoms with Gasteiger partial charge in [0.25, 0.3) is 0 Å². The molecule has 1 heterocycles. The van der Waals surface area contributed by atoms with Crippen LogP contribution in [0.1, 0.15) is 33.9 Å². The van der Waals surface area contributed by atoms with Crippen molar-refractivity contribution < 1.29 is 18.9 Å². The van der Waals surface area contributed by atoms with Crippen LogP contribution in [0.4, 0.5) is 0 Å². The molecule has 37 heavy (non-hydrogen) atoms. The molecule has 1 aliphatic rings. The predicted molar refractivity (Wildman–Crippen MR) is 146 cm³/mol. The first-order chi connectivity index (χ1) is 18.2. The fourth-order valence-corrected chi connectivity index (χ4v) is 4.77. The average molecular weight is 496 g/mol. The summed E-state index contributed by atoms with van der Waals surface area (Å²) in [5, 5.41) is 3.70. The Morgan fingerprint density at radius 2 is 1.27 bits per heavy atom. The first kappa shape index (κ1) is 24.7. The van der Waals surface area contributed by atoms with Gasteiger partial charge in [-0.05, 0) is 71.5 Å². The standard InChI is InChI=1S/C32H33NO4/c1-34-29-14-13-25(18-31(29)36-21-23-9-5-3-6-10-23)17-28-27-20-32(37-22-24-11-7-4-8-12-24)30(35-2)19-26(27)15-16-33-28/h3-14,18-20,28,33H,15-17,21-22H2,1-2H3/t28-/m1/s1. The normalized spacial score (nSPS) is 14.5. The van der Waals surface area contributed by atoms with E-state index in [1.54, 1.807) is 14.2 Å². The number of nitrogens with one attached hydrogen (secondary N) is 1. The van der Waals surface area contributed by atoms with Crippen molar-refractivity contribution in [2.24, 2.45) is 0 Å². The summed E-state index contributed by atoms with van der Waals surface area (Å²) in [5.74, 6) is 3.02. The van der Waals surface area contributed by atoms with Gasteiger partial charge in [0.15, 0.2) is 23.0 Å². The molecule has 0 aliphatic carbocycles. The number of hydrogen-bond donors (Lipinski definition) is 1. The average Bonchev–Trinajstić information content (AvgIpc) is 2.96. The van der Waals surface area contributed by atoms with Crippen LogP contribution in [0, 0.1) is 0 Å². The van der Waals surface area contributed by atoms with Gasteiger partial charge in [-0.3, -0.25) is 0 Å². The Bertz CT molecular complexity index is 1310. The molecule has 0 spiro atoms. The second-order valence-corrected chi connectivity index (χ2v) is 9.20. The molecule has 0 aromatic heterocycles. The number of benzene rings is 4. The lowest BCUT2D eigenvalue weighted by atomic mass is 9.89. The number of rotatable bonds is 10. The molecular formula is C32H33NO4. The molecule has 1 N–H and O–H groups in total. The quantitative estimate of drug-likeness (QED) is 0.280. The molecule has 0 bridgehead atoms. The lowest BCUT2D eigenvalue weighted by Crippen LogP contribution is -2.31. The topological polar surface area (TPSA) is 49.0 Å². The van der Waals surface area contributed by atoms with Crippen LogP contribution in [0.5, 0.6) is 23.0 Å². The highest BCUT2D eigenvalue weighted by Crippen LogP contribution is 2.38. The molecule has 1 aliphatic heterocycles. The molecule has 0 saturated heterocycles. The SMILES string of the molecule is COc1ccc(C[C@H]2NCCc3cc(OC)c(OCc4ccccc4)cc32)cc1OCc1ccccc1. The van der Waals surface area contributed by atoms with E-state index < -0.39 is 0 Å². The second-order valence-electron chi connectivity index (χ2n) is 9.20. The van der Waals surface area contributed by atoms with E-state index in [1.165, 1.54) is 16.7 Å². The molecule has 0 saturated carbocycles. The van der Waals surface area contributed by atoms with E-state index in [1.807, 2.05) is 42.5 Å². The van der Waals surface area contributed by atoms with Crippen LogP contribution < -0.4 is 24.3 Å². The van der Waals surface area contributed by atoms with Gasteiger partial charge in [0.1, 0.15) is 13.2 Å². The molecular weight excluding hydrogens is 462 g/mol. The van der Waals surface area contributed by atoms with Gasteiger partial charge in [0, 0.05) is 6.04 Å². The first-order valence-electron chi connectivity index (χ1n) is 12.7. The van der Waals surface area contributed by atoms with E-state index in [2.05, 4.69) is 53.8 Å². The summed E-state index contributed by atoms with van der Waals surface area (Å²) in [6, 6.07) is 31.0. The maximum absolute atomic E-state index is 6.21. The summed E-state index contributed by atoms with van der Waals surface area (Å²) >= 11 is 0. The zero-order valence-electron chi connectivity index (χ0n) is 21.4. The molecule has 190 valence electrons. The van der Waals surface area contributed by atoms with Gasteiger partial charge < -0.3 is 24.3 Å². The lowest BCUT2D eigenvalue weighted by Gasteiger charge is -2.28. The molecule has 5 rings (SSSR count). The van der Waals surface area contributed by atoms with E-state index in [9.17, 15) is 0 Å². The van der Waals surface area contributed by atoms with Gasteiger partial charge in [0.05, 0.1) is 14.2 Å². The van der Waals surface area contributed by atoms with Crippen molar-refractivity contribution >= 4 is 0 Å². The van der Waals surface area contributed by atoms with Crippen molar-refractivity contribution in [3.8, 4) is 23.0 Å². The van der Waals surface area contributed by atoms with Crippen molar-refractivity contribution in [1.82, 2.24) is 5.32 Å². The van der Waals surface area contributed by atoms with Crippen LogP contribution in [-0.2, 0) is 26.1 Å². The van der Waals surface area contributed by atoms with Crippen LogP contribution >= 0.6 is 0 Å². The van der Waals surface area contributed by atoms with Gasteiger partial charge in [-0.1, -0.05) is 66.7 Å². The van der Waals surface area contributed by atoms with Gasteiger partial charge in [-0.15, -0.1) is 0 Å². The lowest BCUT2D eigenvalue weighted by molar-refractivity contribution is 0.282. The van der Waals surface area contributed by atoms with Crippen LogP contribution in [0.15, 0.2) is 91.0 Å². The Balaban J connectivity index is 1.36. The first-order valence-corrected chi connectivity index (χ1v) is 12.7. The zero-order valence-corrected chi connectivity index (χ0v) is 21.4. The number of methoxy groups -OCH3 is 2. The van der Waals surface area contributed by atoms with E-state index >= 15 is 0 Å².